The van der Waals surface area contributed by atoms with E-state index >= 15 is 0 Å². The molecule has 0 saturated heterocycles. The number of sulfonamides is 1. The average molecular weight is 276 g/mol. The molecular weight excluding hydrogens is 263 g/mol. The smallest absolute Gasteiger partial charge is 0.218 e. The lowest BCUT2D eigenvalue weighted by molar-refractivity contribution is 0.568. The first-order valence-electron chi connectivity index (χ1n) is 4.84. The van der Waals surface area contributed by atoms with Gasteiger partial charge in [-0.15, -0.1) is 0 Å². The predicted molar refractivity (Wildman–Crippen MR) is 68.5 cm³/mol. The molecule has 0 spiro atoms. The molecule has 1 aromatic rings. The Morgan fingerprint density at radius 1 is 1.59 bits per heavy atom. The molecule has 0 aliphatic rings. The molecular formula is C10H13FN2O2S2. The molecule has 0 saturated carbocycles. The van der Waals surface area contributed by atoms with E-state index in [0.29, 0.717) is 5.56 Å². The van der Waals surface area contributed by atoms with E-state index in [4.69, 9.17) is 5.73 Å². The molecule has 17 heavy (non-hydrogen) atoms. The zero-order chi connectivity index (χ0) is 13.1. The summed E-state index contributed by atoms with van der Waals surface area (Å²) in [5, 5.41) is 0. The van der Waals surface area contributed by atoms with E-state index in [1.807, 2.05) is 0 Å². The maximum atomic E-state index is 13.0. The lowest BCUT2D eigenvalue weighted by Gasteiger charge is -2.14. The Bertz CT molecular complexity index is 517. The summed E-state index contributed by atoms with van der Waals surface area (Å²) in [5.74, 6) is -0.829. The molecule has 0 heterocycles. The molecule has 0 aliphatic heterocycles. The minimum absolute atomic E-state index is 0.107. The number of hydrogen-bond donors (Lipinski definition) is 2. The van der Waals surface area contributed by atoms with Gasteiger partial charge in [-0.1, -0.05) is 24.4 Å². The summed E-state index contributed by atoms with van der Waals surface area (Å²) in [7, 11) is -3.58. The van der Waals surface area contributed by atoms with Crippen LogP contribution in [0.4, 0.5) is 4.39 Å². The Morgan fingerprint density at radius 2 is 2.24 bits per heavy atom. The Labute approximate surface area is 105 Å². The van der Waals surface area contributed by atoms with Gasteiger partial charge in [-0.25, -0.2) is 17.5 Å². The van der Waals surface area contributed by atoms with Crippen LogP contribution in [0.25, 0.3) is 0 Å². The lowest BCUT2D eigenvalue weighted by Crippen LogP contribution is -2.34. The SMILES string of the molecule is CC(NS(=O)(=O)CC(N)=S)c1cccc(F)c1. The van der Waals surface area contributed by atoms with Crippen molar-refractivity contribution in [2.75, 3.05) is 5.75 Å². The van der Waals surface area contributed by atoms with Gasteiger partial charge in [0.1, 0.15) is 11.6 Å². The van der Waals surface area contributed by atoms with Gasteiger partial charge in [0.2, 0.25) is 10.0 Å². The van der Waals surface area contributed by atoms with Crippen LogP contribution in [0.5, 0.6) is 0 Å². The third-order valence-corrected chi connectivity index (χ3v) is 3.77. The first-order valence-corrected chi connectivity index (χ1v) is 6.90. The minimum Gasteiger partial charge on any atom is -0.392 e. The van der Waals surface area contributed by atoms with Crippen LogP contribution in [0.1, 0.15) is 18.5 Å². The fourth-order valence-electron chi connectivity index (χ4n) is 1.34. The molecule has 0 aliphatic carbocycles. The molecule has 3 N–H and O–H groups in total. The van der Waals surface area contributed by atoms with Gasteiger partial charge in [0.25, 0.3) is 0 Å². The van der Waals surface area contributed by atoms with Gasteiger partial charge in [-0.2, -0.15) is 0 Å². The zero-order valence-corrected chi connectivity index (χ0v) is 10.8. The molecule has 4 nitrogen and oxygen atoms in total. The molecule has 0 aromatic heterocycles. The van der Waals surface area contributed by atoms with Gasteiger partial charge in [-0.3, -0.25) is 0 Å². The number of nitrogens with one attached hydrogen (secondary N) is 1. The number of thiocarbonyl (C=S) groups is 1. The van der Waals surface area contributed by atoms with Crippen molar-refractivity contribution in [2.45, 2.75) is 13.0 Å². The first-order chi connectivity index (χ1) is 7.80. The molecule has 1 atom stereocenters. The van der Waals surface area contributed by atoms with Crippen molar-refractivity contribution in [3.8, 4) is 0 Å². The summed E-state index contributed by atoms with van der Waals surface area (Å²) >= 11 is 4.53. The van der Waals surface area contributed by atoms with Gasteiger partial charge >= 0.3 is 0 Å². The maximum absolute atomic E-state index is 13.0. The van der Waals surface area contributed by atoms with E-state index < -0.39 is 27.6 Å². The van der Waals surface area contributed by atoms with E-state index in [0.717, 1.165) is 0 Å². The van der Waals surface area contributed by atoms with Crippen molar-refractivity contribution in [3.63, 3.8) is 0 Å². The van der Waals surface area contributed by atoms with Crippen molar-refractivity contribution >= 4 is 27.2 Å². The van der Waals surface area contributed by atoms with E-state index in [2.05, 4.69) is 16.9 Å². The molecule has 1 aromatic carbocycles. The van der Waals surface area contributed by atoms with E-state index in [9.17, 15) is 12.8 Å². The Morgan fingerprint density at radius 3 is 2.76 bits per heavy atom. The van der Waals surface area contributed by atoms with Crippen LogP contribution in [-0.4, -0.2) is 19.2 Å². The van der Waals surface area contributed by atoms with Crippen molar-refractivity contribution < 1.29 is 12.8 Å². The number of rotatable bonds is 5. The van der Waals surface area contributed by atoms with Crippen LogP contribution < -0.4 is 10.5 Å². The molecule has 7 heteroatoms. The van der Waals surface area contributed by atoms with Gasteiger partial charge in [-0.05, 0) is 24.6 Å². The number of halogens is 1. The van der Waals surface area contributed by atoms with Crippen LogP contribution in [0.3, 0.4) is 0 Å². The standard InChI is InChI=1S/C10H13FN2O2S2/c1-7(8-3-2-4-9(11)5-8)13-17(14,15)6-10(12)16/h2-5,7,13H,6H2,1H3,(H2,12,16). The summed E-state index contributed by atoms with van der Waals surface area (Å²) in [6, 6.07) is 5.18. The number of nitrogens with two attached hydrogens (primary N) is 1. The molecule has 1 unspecified atom stereocenters. The highest BCUT2D eigenvalue weighted by Gasteiger charge is 2.16. The van der Waals surface area contributed by atoms with Crippen LogP contribution >= 0.6 is 12.2 Å². The summed E-state index contributed by atoms with van der Waals surface area (Å²) in [5.41, 5.74) is 5.71. The molecule has 94 valence electrons. The third kappa shape index (κ3) is 4.76. The average Bonchev–Trinajstić information content (AvgIpc) is 2.14. The van der Waals surface area contributed by atoms with Crippen molar-refractivity contribution in [1.82, 2.24) is 4.72 Å². The monoisotopic (exact) mass is 276 g/mol. The summed E-state index contributed by atoms with van der Waals surface area (Å²) in [6.45, 7) is 1.62. The zero-order valence-electron chi connectivity index (χ0n) is 9.18. The second kappa shape index (κ2) is 5.52. The van der Waals surface area contributed by atoms with Gasteiger partial charge in [0, 0.05) is 6.04 Å². The third-order valence-electron chi connectivity index (χ3n) is 2.04. The van der Waals surface area contributed by atoms with Crippen LogP contribution in [0, 0.1) is 5.82 Å². The Hall–Kier alpha value is -1.05. The molecule has 0 bridgehead atoms. The minimum atomic E-state index is -3.58. The van der Waals surface area contributed by atoms with Crippen LogP contribution in [0.15, 0.2) is 24.3 Å². The highest BCUT2D eigenvalue weighted by atomic mass is 32.2. The summed E-state index contributed by atoms with van der Waals surface area (Å²) in [4.78, 5) is -0.107. The lowest BCUT2D eigenvalue weighted by atomic mass is 10.1. The van der Waals surface area contributed by atoms with E-state index in [1.54, 1.807) is 13.0 Å². The van der Waals surface area contributed by atoms with Crippen LogP contribution in [-0.2, 0) is 10.0 Å². The topological polar surface area (TPSA) is 72.2 Å². The quantitative estimate of drug-likeness (QED) is 0.790. The maximum Gasteiger partial charge on any atom is 0.218 e. The normalized spacial score (nSPS) is 13.3. The largest absolute Gasteiger partial charge is 0.392 e. The van der Waals surface area contributed by atoms with E-state index in [-0.39, 0.29) is 4.99 Å². The van der Waals surface area contributed by atoms with Crippen molar-refractivity contribution in [1.29, 1.82) is 0 Å². The molecule has 1 rings (SSSR count). The highest BCUT2D eigenvalue weighted by molar-refractivity contribution is 7.92. The van der Waals surface area contributed by atoms with Crippen LogP contribution in [0.2, 0.25) is 0 Å². The number of hydrogen-bond acceptors (Lipinski definition) is 3. The molecule has 0 amide bonds. The first kappa shape index (κ1) is 14.0. The van der Waals surface area contributed by atoms with Gasteiger partial charge in [0.05, 0.1) is 4.99 Å². The summed E-state index contributed by atoms with van der Waals surface area (Å²) in [6.07, 6.45) is 0. The molecule has 0 fully saturated rings. The fourth-order valence-corrected chi connectivity index (χ4v) is 2.94. The summed E-state index contributed by atoms with van der Waals surface area (Å²) < 4.78 is 38.4. The van der Waals surface area contributed by atoms with Crippen molar-refractivity contribution in [2.24, 2.45) is 5.73 Å². The predicted octanol–water partition coefficient (Wildman–Crippen LogP) is 1.09. The second-order valence-corrected chi connectivity index (χ2v) is 5.90. The van der Waals surface area contributed by atoms with Gasteiger partial charge < -0.3 is 5.73 Å². The van der Waals surface area contributed by atoms with E-state index in [1.165, 1.54) is 18.2 Å². The fraction of sp³-hybridized carbons (Fsp3) is 0.300. The van der Waals surface area contributed by atoms with Crippen molar-refractivity contribution in [3.05, 3.63) is 35.6 Å². The Balaban J connectivity index is 2.79. The van der Waals surface area contributed by atoms with Gasteiger partial charge in [0.15, 0.2) is 0 Å². The highest BCUT2D eigenvalue weighted by Crippen LogP contribution is 2.14. The molecule has 0 radical (unpaired) electrons. The second-order valence-electron chi connectivity index (χ2n) is 3.62. The number of benzene rings is 1. The Kier molecular flexibility index (Phi) is 4.55.